The van der Waals surface area contributed by atoms with Crippen LogP contribution in [0.4, 0.5) is 5.69 Å². The molecule has 0 heterocycles. The fourth-order valence-corrected chi connectivity index (χ4v) is 3.22. The molecule has 0 saturated heterocycles. The molecule has 0 aromatic heterocycles. The van der Waals surface area contributed by atoms with Crippen molar-refractivity contribution in [3.05, 3.63) is 59.2 Å². The van der Waals surface area contributed by atoms with Crippen molar-refractivity contribution in [3.63, 3.8) is 0 Å². The number of rotatable bonds is 7. The molecule has 6 heteroatoms. The summed E-state index contributed by atoms with van der Waals surface area (Å²) in [5.74, 6) is 1.29. The normalized spacial score (nSPS) is 13.4. The first kappa shape index (κ1) is 21.5. The van der Waals surface area contributed by atoms with Gasteiger partial charge in [-0.1, -0.05) is 24.3 Å². The van der Waals surface area contributed by atoms with Crippen molar-refractivity contribution in [3.8, 4) is 5.75 Å². The van der Waals surface area contributed by atoms with Gasteiger partial charge in [-0.25, -0.2) is 0 Å². The summed E-state index contributed by atoms with van der Waals surface area (Å²) in [5.41, 5.74) is 11.0. The minimum absolute atomic E-state index is 0. The van der Waals surface area contributed by atoms with Gasteiger partial charge in [-0.05, 0) is 60.6 Å². The lowest BCUT2D eigenvalue weighted by Crippen LogP contribution is -2.24. The van der Waals surface area contributed by atoms with Gasteiger partial charge in [0.25, 0.3) is 0 Å². The number of nitrogens with two attached hydrogens (primary N) is 1. The molecule has 5 nitrogen and oxygen atoms in total. The van der Waals surface area contributed by atoms with Crippen LogP contribution in [0.3, 0.4) is 0 Å². The van der Waals surface area contributed by atoms with E-state index in [1.54, 1.807) is 7.11 Å². The maximum absolute atomic E-state index is 6.03. The van der Waals surface area contributed by atoms with Gasteiger partial charge in [0.2, 0.25) is 0 Å². The lowest BCUT2D eigenvalue weighted by molar-refractivity contribution is 0.128. The molecule has 0 saturated carbocycles. The predicted molar refractivity (Wildman–Crippen MR) is 121 cm³/mol. The van der Waals surface area contributed by atoms with Crippen LogP contribution in [0.25, 0.3) is 0 Å². The Morgan fingerprint density at radius 2 is 1.89 bits per heavy atom. The van der Waals surface area contributed by atoms with Crippen LogP contribution in [0.5, 0.6) is 5.75 Å². The van der Waals surface area contributed by atoms with E-state index in [0.717, 1.165) is 29.8 Å². The van der Waals surface area contributed by atoms with Crippen molar-refractivity contribution in [2.75, 3.05) is 25.6 Å². The highest BCUT2D eigenvalue weighted by Gasteiger charge is 2.12. The largest absolute Gasteiger partial charge is 0.497 e. The summed E-state index contributed by atoms with van der Waals surface area (Å²) in [7, 11) is 1.66. The molecular weight excluding hydrogens is 453 g/mol. The molecule has 0 aliphatic heterocycles. The molecule has 3 N–H and O–H groups in total. The highest BCUT2D eigenvalue weighted by atomic mass is 127. The van der Waals surface area contributed by atoms with E-state index in [0.29, 0.717) is 25.7 Å². The fourth-order valence-electron chi connectivity index (χ4n) is 3.22. The zero-order valence-electron chi connectivity index (χ0n) is 15.7. The van der Waals surface area contributed by atoms with E-state index >= 15 is 0 Å². The number of methoxy groups -OCH3 is 1. The number of ether oxygens (including phenoxy) is 2. The predicted octanol–water partition coefficient (Wildman–Crippen LogP) is 4.14. The maximum atomic E-state index is 6.03. The van der Waals surface area contributed by atoms with Crippen molar-refractivity contribution in [2.24, 2.45) is 10.7 Å². The number of aliphatic imine (C=N–C) groups is 1. The molecule has 0 atom stereocenters. The first-order chi connectivity index (χ1) is 12.8. The van der Waals surface area contributed by atoms with E-state index in [2.05, 4.69) is 28.5 Å². The zero-order chi connectivity index (χ0) is 18.2. The van der Waals surface area contributed by atoms with Crippen molar-refractivity contribution < 1.29 is 9.47 Å². The van der Waals surface area contributed by atoms with Crippen LogP contribution < -0.4 is 15.8 Å². The molecule has 0 fully saturated rings. The number of hydrogen-bond donors (Lipinski definition) is 2. The Morgan fingerprint density at radius 3 is 2.67 bits per heavy atom. The van der Waals surface area contributed by atoms with Crippen LogP contribution in [0.1, 0.15) is 29.5 Å². The summed E-state index contributed by atoms with van der Waals surface area (Å²) in [6, 6.07) is 14.2. The van der Waals surface area contributed by atoms with Gasteiger partial charge in [0.05, 0.1) is 26.9 Å². The van der Waals surface area contributed by atoms with Gasteiger partial charge in [0.15, 0.2) is 5.96 Å². The Bertz CT molecular complexity index is 748. The quantitative estimate of drug-likeness (QED) is 0.270. The summed E-state index contributed by atoms with van der Waals surface area (Å²) < 4.78 is 10.8. The van der Waals surface area contributed by atoms with Gasteiger partial charge in [-0.3, -0.25) is 4.99 Å². The molecule has 0 amide bonds. The number of nitrogens with zero attached hydrogens (tertiary/aromatic N) is 1. The average Bonchev–Trinajstić information content (AvgIpc) is 2.68. The number of hydrogen-bond acceptors (Lipinski definition) is 3. The molecule has 0 bridgehead atoms. The van der Waals surface area contributed by atoms with E-state index in [1.807, 2.05) is 24.3 Å². The first-order valence-electron chi connectivity index (χ1n) is 9.14. The Kier molecular flexibility index (Phi) is 8.87. The highest BCUT2D eigenvalue weighted by Crippen LogP contribution is 2.27. The number of benzene rings is 2. The molecule has 1 aliphatic rings. The maximum Gasteiger partial charge on any atom is 0.193 e. The Morgan fingerprint density at radius 1 is 1.11 bits per heavy atom. The number of anilines is 1. The first-order valence-corrected chi connectivity index (χ1v) is 9.14. The van der Waals surface area contributed by atoms with Gasteiger partial charge in [0.1, 0.15) is 5.75 Å². The van der Waals surface area contributed by atoms with Crippen LogP contribution in [-0.4, -0.2) is 26.2 Å². The molecule has 27 heavy (non-hydrogen) atoms. The van der Waals surface area contributed by atoms with Crippen LogP contribution >= 0.6 is 24.0 Å². The monoisotopic (exact) mass is 481 g/mol. The SMILES string of the molecule is COc1ccc(COCCN=C(N)Nc2cccc3c2CCCC3)cc1.I. The van der Waals surface area contributed by atoms with Crippen molar-refractivity contribution in [1.82, 2.24) is 0 Å². The molecule has 0 radical (unpaired) electrons. The van der Waals surface area contributed by atoms with E-state index in [1.165, 1.54) is 24.0 Å². The third-order valence-corrected chi connectivity index (χ3v) is 4.60. The molecule has 2 aromatic rings. The van der Waals surface area contributed by atoms with Crippen LogP contribution in [0, 0.1) is 0 Å². The highest BCUT2D eigenvalue weighted by molar-refractivity contribution is 14.0. The van der Waals surface area contributed by atoms with E-state index in [4.69, 9.17) is 15.2 Å². The number of guanidine groups is 1. The molecule has 1 aliphatic carbocycles. The molecule has 2 aromatic carbocycles. The standard InChI is InChI=1S/C21H27N3O2.HI/c1-25-18-11-9-16(10-12-18)15-26-14-13-23-21(22)24-20-8-4-6-17-5-2-3-7-19(17)20;/h4,6,8-12H,2-3,5,7,13-15H2,1H3,(H3,22,23,24);1H. The third-order valence-electron chi connectivity index (χ3n) is 4.60. The van der Waals surface area contributed by atoms with Gasteiger partial charge in [-0.15, -0.1) is 24.0 Å². The van der Waals surface area contributed by atoms with E-state index in [-0.39, 0.29) is 24.0 Å². The van der Waals surface area contributed by atoms with Crippen LogP contribution in [0.2, 0.25) is 0 Å². The summed E-state index contributed by atoms with van der Waals surface area (Å²) in [5, 5.41) is 3.25. The van der Waals surface area contributed by atoms with Crippen molar-refractivity contribution in [1.29, 1.82) is 0 Å². The third kappa shape index (κ3) is 6.39. The molecule has 0 unspecified atom stereocenters. The summed E-state index contributed by atoms with van der Waals surface area (Å²) in [6.07, 6.45) is 4.77. The zero-order valence-corrected chi connectivity index (χ0v) is 18.1. The second-order valence-corrected chi connectivity index (χ2v) is 6.44. The van der Waals surface area contributed by atoms with Crippen LogP contribution in [0.15, 0.2) is 47.5 Å². The van der Waals surface area contributed by atoms with Gasteiger partial charge in [0, 0.05) is 5.69 Å². The second-order valence-electron chi connectivity index (χ2n) is 6.44. The molecular formula is C21H28IN3O2. The minimum Gasteiger partial charge on any atom is -0.497 e. The lowest BCUT2D eigenvalue weighted by atomic mass is 9.90. The number of aryl methyl sites for hydroxylation is 1. The number of nitrogens with one attached hydrogen (secondary N) is 1. The van der Waals surface area contributed by atoms with Gasteiger partial charge < -0.3 is 20.5 Å². The molecule has 146 valence electrons. The van der Waals surface area contributed by atoms with E-state index < -0.39 is 0 Å². The van der Waals surface area contributed by atoms with Crippen LogP contribution in [-0.2, 0) is 24.2 Å². The molecule has 0 spiro atoms. The number of halogens is 1. The van der Waals surface area contributed by atoms with Crippen molar-refractivity contribution in [2.45, 2.75) is 32.3 Å². The number of fused-ring (bicyclic) bond motifs is 1. The Labute approximate surface area is 178 Å². The van der Waals surface area contributed by atoms with Gasteiger partial charge >= 0.3 is 0 Å². The van der Waals surface area contributed by atoms with E-state index in [9.17, 15) is 0 Å². The average molecular weight is 481 g/mol. The lowest BCUT2D eigenvalue weighted by Gasteiger charge is -2.19. The van der Waals surface area contributed by atoms with Crippen molar-refractivity contribution >= 4 is 35.6 Å². The Balaban J connectivity index is 0.00000261. The second kappa shape index (κ2) is 11.1. The summed E-state index contributed by atoms with van der Waals surface area (Å²) >= 11 is 0. The fraction of sp³-hybridized carbons (Fsp3) is 0.381. The van der Waals surface area contributed by atoms with Gasteiger partial charge in [-0.2, -0.15) is 0 Å². The summed E-state index contributed by atoms with van der Waals surface area (Å²) in [6.45, 7) is 1.62. The molecule has 3 rings (SSSR count). The smallest absolute Gasteiger partial charge is 0.193 e. The minimum atomic E-state index is 0. The topological polar surface area (TPSA) is 68.9 Å². The summed E-state index contributed by atoms with van der Waals surface area (Å²) in [4.78, 5) is 4.37. The Hall–Kier alpha value is -1.80.